The third-order valence-electron chi connectivity index (χ3n) is 3.80. The summed E-state index contributed by atoms with van der Waals surface area (Å²) in [5.74, 6) is -4.40. The van der Waals surface area contributed by atoms with E-state index in [-0.39, 0.29) is 11.3 Å². The molecule has 0 aliphatic rings. The Kier molecular flexibility index (Phi) is 7.29. The van der Waals surface area contributed by atoms with Crippen molar-refractivity contribution >= 4 is 0 Å². The summed E-state index contributed by atoms with van der Waals surface area (Å²) in [6.07, 6.45) is -9.13. The molecule has 2 aromatic carbocycles. The van der Waals surface area contributed by atoms with Gasteiger partial charge in [-0.2, -0.15) is 8.78 Å². The molecule has 28 heavy (non-hydrogen) atoms. The van der Waals surface area contributed by atoms with Gasteiger partial charge in [-0.3, -0.25) is 0 Å². The van der Waals surface area contributed by atoms with Gasteiger partial charge in [-0.25, -0.2) is 8.78 Å². The van der Waals surface area contributed by atoms with E-state index >= 15 is 0 Å². The first-order valence-corrected chi connectivity index (χ1v) is 8.34. The second-order valence-corrected chi connectivity index (χ2v) is 6.18. The van der Waals surface area contributed by atoms with Crippen molar-refractivity contribution in [2.45, 2.75) is 38.1 Å². The Labute approximate surface area is 157 Å². The number of rotatable bonds is 9. The van der Waals surface area contributed by atoms with Crippen LogP contribution in [-0.2, 0) is 19.4 Å². The van der Waals surface area contributed by atoms with E-state index < -0.39 is 25.1 Å². The molecule has 0 aliphatic carbocycles. The smallest absolute Gasteiger partial charge is 0.406 e. The lowest BCUT2D eigenvalue weighted by Crippen LogP contribution is -2.29. The van der Waals surface area contributed by atoms with E-state index in [0.717, 1.165) is 0 Å². The fraction of sp³-hybridized carbons (Fsp3) is 0.368. The minimum absolute atomic E-state index is 0.0987. The summed E-state index contributed by atoms with van der Waals surface area (Å²) in [6.45, 7) is 0.708. The van der Waals surface area contributed by atoms with Crippen LogP contribution in [0.2, 0.25) is 0 Å². The Bertz CT molecular complexity index is 762. The molecule has 0 bridgehead atoms. The first-order chi connectivity index (χ1) is 13.0. The van der Waals surface area contributed by atoms with Gasteiger partial charge in [0.1, 0.15) is 5.75 Å². The number of ether oxygens (including phenoxy) is 1. The van der Waals surface area contributed by atoms with Crippen LogP contribution >= 0.6 is 0 Å². The Hall–Kier alpha value is -2.29. The third-order valence-corrected chi connectivity index (χ3v) is 3.80. The summed E-state index contributed by atoms with van der Waals surface area (Å²) in [6, 6.07) is 11.5. The van der Waals surface area contributed by atoms with Crippen LogP contribution in [0.1, 0.15) is 16.7 Å². The lowest BCUT2D eigenvalue weighted by atomic mass is 10.0. The monoisotopic (exact) mass is 409 g/mol. The van der Waals surface area contributed by atoms with Crippen LogP contribution in [0.15, 0.2) is 48.5 Å². The van der Waals surface area contributed by atoms with Gasteiger partial charge in [-0.1, -0.05) is 36.4 Å². The van der Waals surface area contributed by atoms with Crippen molar-refractivity contribution in [2.75, 3.05) is 6.54 Å². The average molecular weight is 409 g/mol. The molecule has 0 aliphatic heterocycles. The molecule has 0 aromatic heterocycles. The molecule has 2 aromatic rings. The Morgan fingerprint density at radius 2 is 1.50 bits per heavy atom. The van der Waals surface area contributed by atoms with Crippen molar-refractivity contribution in [2.24, 2.45) is 0 Å². The molecule has 0 amide bonds. The van der Waals surface area contributed by atoms with Gasteiger partial charge < -0.3 is 10.1 Å². The van der Waals surface area contributed by atoms with Gasteiger partial charge in [-0.15, -0.1) is 13.2 Å². The van der Waals surface area contributed by atoms with Crippen LogP contribution in [0.5, 0.6) is 5.75 Å². The van der Waals surface area contributed by atoms with Gasteiger partial charge in [0.15, 0.2) is 0 Å². The SMILES string of the molecule is FC(F)C(F)(F)Cc1cccc(CNCCc2cccc(OC(F)(F)F)c2)c1. The van der Waals surface area contributed by atoms with Gasteiger partial charge in [0, 0.05) is 13.0 Å². The largest absolute Gasteiger partial charge is 0.573 e. The minimum Gasteiger partial charge on any atom is -0.406 e. The fourth-order valence-electron chi connectivity index (χ4n) is 2.56. The van der Waals surface area contributed by atoms with Gasteiger partial charge in [0.25, 0.3) is 0 Å². The van der Waals surface area contributed by atoms with E-state index in [1.165, 1.54) is 36.4 Å². The predicted molar refractivity (Wildman–Crippen MR) is 89.6 cm³/mol. The molecule has 9 heteroatoms. The Morgan fingerprint density at radius 3 is 2.18 bits per heavy atom. The first kappa shape index (κ1) is 22.0. The maximum absolute atomic E-state index is 13.1. The highest BCUT2D eigenvalue weighted by Crippen LogP contribution is 2.27. The van der Waals surface area contributed by atoms with Gasteiger partial charge in [0.05, 0.1) is 0 Å². The van der Waals surface area contributed by atoms with Crippen molar-refractivity contribution < 1.29 is 35.5 Å². The number of nitrogens with one attached hydrogen (secondary N) is 1. The van der Waals surface area contributed by atoms with E-state index in [9.17, 15) is 30.7 Å². The molecule has 0 spiro atoms. The molecule has 0 radical (unpaired) electrons. The molecular formula is C19H18F7NO. The molecular weight excluding hydrogens is 391 g/mol. The molecule has 0 unspecified atom stereocenters. The molecule has 0 saturated heterocycles. The average Bonchev–Trinajstić information content (AvgIpc) is 2.57. The topological polar surface area (TPSA) is 21.3 Å². The van der Waals surface area contributed by atoms with Gasteiger partial charge >= 0.3 is 18.7 Å². The molecule has 154 valence electrons. The van der Waals surface area contributed by atoms with E-state index in [4.69, 9.17) is 0 Å². The number of benzene rings is 2. The molecule has 2 nitrogen and oxygen atoms in total. The highest BCUT2D eigenvalue weighted by Gasteiger charge is 2.40. The van der Waals surface area contributed by atoms with Crippen molar-refractivity contribution in [3.05, 3.63) is 65.2 Å². The Morgan fingerprint density at radius 1 is 0.857 bits per heavy atom. The van der Waals surface area contributed by atoms with Crippen molar-refractivity contribution in [1.29, 1.82) is 0 Å². The Balaban J connectivity index is 1.84. The molecule has 0 saturated carbocycles. The van der Waals surface area contributed by atoms with Gasteiger partial charge in [0.2, 0.25) is 0 Å². The van der Waals surface area contributed by atoms with Crippen LogP contribution in [0.4, 0.5) is 30.7 Å². The first-order valence-electron chi connectivity index (χ1n) is 8.34. The summed E-state index contributed by atoms with van der Waals surface area (Å²) in [4.78, 5) is 0. The standard InChI is InChI=1S/C19H18F7NO/c20-17(21)18(22,23)11-14-4-1-5-15(9-14)12-27-8-7-13-3-2-6-16(10-13)28-19(24,25)26/h1-6,9-10,17,27H,7-8,11-12H2. The minimum atomic E-state index is -4.76. The molecule has 1 N–H and O–H groups in total. The normalized spacial score (nSPS) is 12.4. The van der Waals surface area contributed by atoms with E-state index in [2.05, 4.69) is 10.1 Å². The molecule has 0 heterocycles. The molecule has 0 atom stereocenters. The summed E-state index contributed by atoms with van der Waals surface area (Å²) in [5, 5.41) is 3.03. The summed E-state index contributed by atoms with van der Waals surface area (Å²) in [5.41, 5.74) is 1.36. The second kappa shape index (κ2) is 9.27. The quantitative estimate of drug-likeness (QED) is 0.445. The van der Waals surface area contributed by atoms with Crippen molar-refractivity contribution in [1.82, 2.24) is 5.32 Å². The van der Waals surface area contributed by atoms with Crippen LogP contribution < -0.4 is 10.1 Å². The number of halogens is 7. The summed E-state index contributed by atoms with van der Waals surface area (Å²) < 4.78 is 91.4. The molecule has 2 rings (SSSR count). The lowest BCUT2D eigenvalue weighted by molar-refractivity contribution is -0.274. The second-order valence-electron chi connectivity index (χ2n) is 6.18. The highest BCUT2D eigenvalue weighted by atomic mass is 19.4. The van der Waals surface area contributed by atoms with Crippen LogP contribution in [0.25, 0.3) is 0 Å². The predicted octanol–water partition coefficient (Wildman–Crippen LogP) is 5.36. The summed E-state index contributed by atoms with van der Waals surface area (Å²) in [7, 11) is 0. The maximum atomic E-state index is 13.1. The van der Waals surface area contributed by atoms with Crippen molar-refractivity contribution in [3.63, 3.8) is 0 Å². The van der Waals surface area contributed by atoms with E-state index in [1.54, 1.807) is 12.1 Å². The van der Waals surface area contributed by atoms with Gasteiger partial charge in [-0.05, 0) is 41.8 Å². The van der Waals surface area contributed by atoms with Crippen LogP contribution in [0.3, 0.4) is 0 Å². The third kappa shape index (κ3) is 7.38. The fourth-order valence-corrected chi connectivity index (χ4v) is 2.56. The van der Waals surface area contributed by atoms with Crippen LogP contribution in [0, 0.1) is 0 Å². The molecule has 0 fully saturated rings. The van der Waals surface area contributed by atoms with E-state index in [0.29, 0.717) is 30.6 Å². The lowest BCUT2D eigenvalue weighted by Gasteiger charge is -2.15. The van der Waals surface area contributed by atoms with Crippen LogP contribution in [-0.4, -0.2) is 25.3 Å². The number of hydrogen-bond acceptors (Lipinski definition) is 2. The zero-order valence-electron chi connectivity index (χ0n) is 14.6. The van der Waals surface area contributed by atoms with E-state index in [1.807, 2.05) is 0 Å². The zero-order chi connectivity index (χ0) is 20.8. The maximum Gasteiger partial charge on any atom is 0.573 e. The highest BCUT2D eigenvalue weighted by molar-refractivity contribution is 5.29. The summed E-state index contributed by atoms with van der Waals surface area (Å²) >= 11 is 0. The van der Waals surface area contributed by atoms with Crippen molar-refractivity contribution in [3.8, 4) is 5.75 Å². The number of hydrogen-bond donors (Lipinski definition) is 1. The number of alkyl halides is 7. The zero-order valence-corrected chi connectivity index (χ0v) is 14.6.